The maximum atomic E-state index is 13.0. The van der Waals surface area contributed by atoms with Gasteiger partial charge < -0.3 is 24.8 Å². The van der Waals surface area contributed by atoms with Gasteiger partial charge in [-0.2, -0.15) is 13.2 Å². The van der Waals surface area contributed by atoms with Crippen molar-refractivity contribution in [2.45, 2.75) is 61.7 Å². The van der Waals surface area contributed by atoms with Crippen molar-refractivity contribution in [1.82, 2.24) is 25.1 Å². The number of tetrazole rings is 1. The number of halogens is 3. The SMILES string of the molecule is Cn1nnnc1SCC1CC(c2ccc(CO)cc2)OC(c2cccc(NC(=O)C3CCCN3C(=O)C(F)(F)F)c2)O1. The second-order valence-corrected chi connectivity index (χ2v) is 11.0. The third-order valence-electron chi connectivity index (χ3n) is 7.08. The molecule has 2 N–H and O–H groups in total. The summed E-state index contributed by atoms with van der Waals surface area (Å²) in [7, 11) is 1.74. The molecule has 0 saturated carbocycles. The largest absolute Gasteiger partial charge is 0.471 e. The van der Waals surface area contributed by atoms with Crippen molar-refractivity contribution in [2.75, 3.05) is 17.6 Å². The number of hydrogen-bond acceptors (Lipinski definition) is 9. The maximum absolute atomic E-state index is 13.0. The Labute approximate surface area is 243 Å². The van der Waals surface area contributed by atoms with Crippen molar-refractivity contribution >= 4 is 29.3 Å². The number of rotatable bonds is 8. The van der Waals surface area contributed by atoms with Gasteiger partial charge in [-0.25, -0.2) is 4.68 Å². The van der Waals surface area contributed by atoms with E-state index in [1.54, 1.807) is 36.0 Å². The van der Waals surface area contributed by atoms with E-state index >= 15 is 0 Å². The molecule has 0 radical (unpaired) electrons. The lowest BCUT2D eigenvalue weighted by Gasteiger charge is -2.36. The minimum atomic E-state index is -5.05. The first kappa shape index (κ1) is 29.9. The van der Waals surface area contributed by atoms with Crippen LogP contribution in [0.2, 0.25) is 0 Å². The van der Waals surface area contributed by atoms with Crippen LogP contribution in [0.1, 0.15) is 48.3 Å². The summed E-state index contributed by atoms with van der Waals surface area (Å²) < 4.78 is 53.3. The molecule has 42 heavy (non-hydrogen) atoms. The van der Waals surface area contributed by atoms with Crippen LogP contribution in [0.25, 0.3) is 0 Å². The van der Waals surface area contributed by atoms with Crippen LogP contribution in [0.4, 0.5) is 18.9 Å². The number of benzene rings is 2. The second kappa shape index (κ2) is 12.8. The Hall–Kier alpha value is -3.53. The van der Waals surface area contributed by atoms with E-state index in [2.05, 4.69) is 20.8 Å². The molecular weight excluding hydrogens is 577 g/mol. The molecule has 4 atom stereocenters. The summed E-state index contributed by atoms with van der Waals surface area (Å²) >= 11 is 1.43. The quantitative estimate of drug-likeness (QED) is 0.370. The zero-order valence-corrected chi connectivity index (χ0v) is 23.3. The van der Waals surface area contributed by atoms with E-state index in [0.717, 1.165) is 11.1 Å². The van der Waals surface area contributed by atoms with Gasteiger partial charge in [0.15, 0.2) is 6.29 Å². The molecule has 0 aliphatic carbocycles. The highest BCUT2D eigenvalue weighted by molar-refractivity contribution is 7.99. The zero-order chi connectivity index (χ0) is 29.9. The number of amides is 2. The number of thioether (sulfide) groups is 1. The molecule has 4 unspecified atom stereocenters. The lowest BCUT2D eigenvalue weighted by Crippen LogP contribution is -2.48. The molecule has 15 heteroatoms. The van der Waals surface area contributed by atoms with Crippen LogP contribution in [0.3, 0.4) is 0 Å². The van der Waals surface area contributed by atoms with Crippen LogP contribution < -0.4 is 5.32 Å². The van der Waals surface area contributed by atoms with Crippen molar-refractivity contribution in [3.63, 3.8) is 0 Å². The summed E-state index contributed by atoms with van der Waals surface area (Å²) in [6.45, 7) is -0.214. The van der Waals surface area contributed by atoms with Crippen molar-refractivity contribution in [2.24, 2.45) is 7.05 Å². The molecule has 2 fully saturated rings. The van der Waals surface area contributed by atoms with Gasteiger partial charge in [0.2, 0.25) is 11.1 Å². The third kappa shape index (κ3) is 6.91. The van der Waals surface area contributed by atoms with Gasteiger partial charge in [-0.1, -0.05) is 48.2 Å². The van der Waals surface area contributed by atoms with E-state index in [0.29, 0.717) is 39.9 Å². The Morgan fingerprint density at radius 1 is 1.14 bits per heavy atom. The number of aromatic nitrogens is 4. The minimum Gasteiger partial charge on any atom is -0.392 e. The Balaban J connectivity index is 1.32. The van der Waals surface area contributed by atoms with Gasteiger partial charge in [-0.05, 0) is 46.5 Å². The number of nitrogens with zero attached hydrogens (tertiary/aromatic N) is 5. The van der Waals surface area contributed by atoms with Crippen LogP contribution in [0.5, 0.6) is 0 Å². The highest BCUT2D eigenvalue weighted by Crippen LogP contribution is 2.40. The Bertz CT molecular complexity index is 1410. The van der Waals surface area contributed by atoms with E-state index in [1.165, 1.54) is 11.8 Å². The fourth-order valence-electron chi connectivity index (χ4n) is 4.97. The second-order valence-electron chi connectivity index (χ2n) is 10.0. The molecule has 0 spiro atoms. The Morgan fingerprint density at radius 2 is 1.93 bits per heavy atom. The van der Waals surface area contributed by atoms with Crippen LogP contribution in [-0.4, -0.2) is 72.6 Å². The molecular formula is C27H29F3N6O5S. The average molecular weight is 607 g/mol. The number of anilines is 1. The molecule has 0 bridgehead atoms. The zero-order valence-electron chi connectivity index (χ0n) is 22.5. The maximum Gasteiger partial charge on any atom is 0.471 e. The fourth-order valence-corrected chi connectivity index (χ4v) is 5.83. The summed E-state index contributed by atoms with van der Waals surface area (Å²) in [6, 6.07) is 12.9. The summed E-state index contributed by atoms with van der Waals surface area (Å²) in [5.74, 6) is -2.18. The average Bonchev–Trinajstić information content (AvgIpc) is 3.64. The molecule has 5 rings (SSSR count). The van der Waals surface area contributed by atoms with E-state index < -0.39 is 30.3 Å². The molecule has 3 heterocycles. The number of alkyl halides is 3. The lowest BCUT2D eigenvalue weighted by molar-refractivity contribution is -0.245. The van der Waals surface area contributed by atoms with Crippen LogP contribution in [-0.2, 0) is 32.7 Å². The predicted molar refractivity (Wildman–Crippen MR) is 144 cm³/mol. The highest BCUT2D eigenvalue weighted by atomic mass is 32.2. The van der Waals surface area contributed by atoms with Crippen molar-refractivity contribution in [3.8, 4) is 0 Å². The van der Waals surface area contributed by atoms with Crippen LogP contribution >= 0.6 is 11.8 Å². The standard InChI is InChI=1S/C27H29F3N6O5S/c1-35-26(32-33-34-35)42-15-20-13-22(17-9-7-16(14-37)8-10-17)41-24(40-20)18-4-2-5-19(12-18)31-23(38)21-6-3-11-36(21)25(39)27(28,29)30/h2,4-5,7-10,12,20-22,24,37H,3,6,11,13-15H2,1H3,(H,31,38). The van der Waals surface area contributed by atoms with Gasteiger partial charge >= 0.3 is 12.1 Å². The number of likely N-dealkylation sites (tertiary alicyclic amines) is 1. The molecule has 11 nitrogen and oxygen atoms in total. The normalized spacial score (nSPS) is 22.7. The van der Waals surface area contributed by atoms with Gasteiger partial charge in [0.05, 0.1) is 18.8 Å². The molecule has 2 aliphatic heterocycles. The van der Waals surface area contributed by atoms with E-state index in [1.807, 2.05) is 24.3 Å². The molecule has 3 aromatic rings. The van der Waals surface area contributed by atoms with Crippen LogP contribution in [0, 0.1) is 0 Å². The number of aliphatic hydroxyl groups is 1. The Kier molecular flexibility index (Phi) is 9.11. The number of carbonyl (C=O) groups is 2. The third-order valence-corrected chi connectivity index (χ3v) is 8.22. The highest BCUT2D eigenvalue weighted by Gasteiger charge is 2.47. The van der Waals surface area contributed by atoms with E-state index in [-0.39, 0.29) is 31.8 Å². The van der Waals surface area contributed by atoms with Crippen LogP contribution in [0.15, 0.2) is 53.7 Å². The predicted octanol–water partition coefficient (Wildman–Crippen LogP) is 3.53. The van der Waals surface area contributed by atoms with E-state index in [9.17, 15) is 27.9 Å². The Morgan fingerprint density at radius 3 is 2.62 bits per heavy atom. The molecule has 2 amide bonds. The number of nitrogens with one attached hydrogen (secondary N) is 1. The molecule has 2 aliphatic rings. The van der Waals surface area contributed by atoms with Crippen molar-refractivity contribution in [3.05, 3.63) is 65.2 Å². The fraction of sp³-hybridized carbons (Fsp3) is 0.444. The van der Waals surface area contributed by atoms with Gasteiger partial charge in [0.25, 0.3) is 0 Å². The van der Waals surface area contributed by atoms with Gasteiger partial charge in [0, 0.05) is 37.0 Å². The summed E-state index contributed by atoms with van der Waals surface area (Å²) in [6.07, 6.45) is -5.52. The van der Waals surface area contributed by atoms with E-state index in [4.69, 9.17) is 9.47 Å². The first-order valence-electron chi connectivity index (χ1n) is 13.3. The minimum absolute atomic E-state index is 0.0793. The van der Waals surface area contributed by atoms with Gasteiger partial charge in [-0.3, -0.25) is 9.59 Å². The first-order valence-corrected chi connectivity index (χ1v) is 14.3. The molecule has 2 aromatic carbocycles. The summed E-state index contributed by atoms with van der Waals surface area (Å²) in [5, 5.41) is 24.2. The van der Waals surface area contributed by atoms with Gasteiger partial charge in [-0.15, -0.1) is 5.10 Å². The van der Waals surface area contributed by atoms with Crippen molar-refractivity contribution in [1.29, 1.82) is 0 Å². The number of aryl methyl sites for hydroxylation is 1. The number of aliphatic hydroxyl groups excluding tert-OH is 1. The number of ether oxygens (including phenoxy) is 2. The topological polar surface area (TPSA) is 132 Å². The van der Waals surface area contributed by atoms with Crippen molar-refractivity contribution < 1.29 is 37.3 Å². The molecule has 1 aromatic heterocycles. The monoisotopic (exact) mass is 606 g/mol. The lowest BCUT2D eigenvalue weighted by atomic mass is 10.0. The summed E-state index contributed by atoms with van der Waals surface area (Å²) in [4.78, 5) is 25.3. The van der Waals surface area contributed by atoms with Gasteiger partial charge in [0.1, 0.15) is 6.04 Å². The summed E-state index contributed by atoms with van der Waals surface area (Å²) in [5.41, 5.74) is 2.59. The number of hydrogen-bond donors (Lipinski definition) is 2. The first-order chi connectivity index (χ1) is 20.1. The number of carbonyl (C=O) groups excluding carboxylic acids is 2. The molecule has 224 valence electrons. The smallest absolute Gasteiger partial charge is 0.392 e. The molecule has 2 saturated heterocycles.